The fourth-order valence-electron chi connectivity index (χ4n) is 3.21. The van der Waals surface area contributed by atoms with Gasteiger partial charge in [-0.05, 0) is 37.4 Å². The first-order valence-electron chi connectivity index (χ1n) is 8.06. The molecule has 1 N–H and O–H groups in total. The third kappa shape index (κ3) is 3.35. The number of para-hydroxylation sites is 1. The molecule has 1 unspecified atom stereocenters. The Morgan fingerprint density at radius 1 is 1.29 bits per heavy atom. The van der Waals surface area contributed by atoms with E-state index in [1.54, 1.807) is 0 Å². The van der Waals surface area contributed by atoms with Crippen LogP contribution in [-0.4, -0.2) is 30.7 Å². The van der Waals surface area contributed by atoms with Crippen molar-refractivity contribution >= 4 is 16.6 Å². The summed E-state index contributed by atoms with van der Waals surface area (Å²) in [5, 5.41) is 4.86. The van der Waals surface area contributed by atoms with Crippen molar-refractivity contribution in [3.8, 4) is 0 Å². The third-order valence-corrected chi connectivity index (χ3v) is 4.30. The summed E-state index contributed by atoms with van der Waals surface area (Å²) in [6, 6.07) is 11.2. The first kappa shape index (κ1) is 14.3. The SMILES string of the molecule is CC(C)NCC1CCCN(c2ccnc3ccccc23)C1. The van der Waals surface area contributed by atoms with Gasteiger partial charge in [0.15, 0.2) is 0 Å². The maximum Gasteiger partial charge on any atom is 0.0722 e. The van der Waals surface area contributed by atoms with Gasteiger partial charge in [-0.15, -0.1) is 0 Å². The van der Waals surface area contributed by atoms with Crippen LogP contribution in [0.4, 0.5) is 5.69 Å². The Morgan fingerprint density at radius 2 is 2.14 bits per heavy atom. The van der Waals surface area contributed by atoms with Crippen LogP contribution in [0, 0.1) is 5.92 Å². The molecule has 1 aliphatic heterocycles. The van der Waals surface area contributed by atoms with E-state index in [1.165, 1.54) is 23.9 Å². The Bertz CT molecular complexity index is 589. The molecule has 0 saturated carbocycles. The smallest absolute Gasteiger partial charge is 0.0722 e. The van der Waals surface area contributed by atoms with Crippen molar-refractivity contribution in [2.24, 2.45) is 5.92 Å². The zero-order valence-electron chi connectivity index (χ0n) is 13.0. The number of nitrogens with one attached hydrogen (secondary N) is 1. The van der Waals surface area contributed by atoms with Crippen LogP contribution in [0.15, 0.2) is 36.5 Å². The molecule has 1 aliphatic rings. The average Bonchev–Trinajstić information content (AvgIpc) is 2.52. The molecule has 2 aromatic rings. The maximum absolute atomic E-state index is 4.48. The van der Waals surface area contributed by atoms with Crippen LogP contribution in [0.3, 0.4) is 0 Å². The van der Waals surface area contributed by atoms with Crippen molar-refractivity contribution in [1.82, 2.24) is 10.3 Å². The topological polar surface area (TPSA) is 28.2 Å². The lowest BCUT2D eigenvalue weighted by atomic mass is 9.96. The van der Waals surface area contributed by atoms with E-state index in [9.17, 15) is 0 Å². The summed E-state index contributed by atoms with van der Waals surface area (Å²) in [6.07, 6.45) is 4.55. The quantitative estimate of drug-likeness (QED) is 0.931. The number of hydrogen-bond acceptors (Lipinski definition) is 3. The Balaban J connectivity index is 1.78. The van der Waals surface area contributed by atoms with Crippen LogP contribution in [0.2, 0.25) is 0 Å². The molecule has 1 aromatic heterocycles. The van der Waals surface area contributed by atoms with Crippen LogP contribution < -0.4 is 10.2 Å². The molecule has 3 rings (SSSR count). The summed E-state index contributed by atoms with van der Waals surface area (Å²) in [4.78, 5) is 7.02. The van der Waals surface area contributed by atoms with Gasteiger partial charge < -0.3 is 10.2 Å². The van der Waals surface area contributed by atoms with Gasteiger partial charge in [0.2, 0.25) is 0 Å². The summed E-state index contributed by atoms with van der Waals surface area (Å²) in [5.74, 6) is 0.744. The van der Waals surface area contributed by atoms with Gasteiger partial charge in [-0.25, -0.2) is 0 Å². The molecule has 1 fully saturated rings. The summed E-state index contributed by atoms with van der Waals surface area (Å²) >= 11 is 0. The van der Waals surface area contributed by atoms with Crippen LogP contribution in [0.5, 0.6) is 0 Å². The van der Waals surface area contributed by atoms with Crippen molar-refractivity contribution in [3.63, 3.8) is 0 Å². The second-order valence-corrected chi connectivity index (χ2v) is 6.36. The minimum atomic E-state index is 0.571. The van der Waals surface area contributed by atoms with E-state index >= 15 is 0 Å². The monoisotopic (exact) mass is 283 g/mol. The van der Waals surface area contributed by atoms with Crippen LogP contribution in [0.25, 0.3) is 10.9 Å². The van der Waals surface area contributed by atoms with Gasteiger partial charge in [0.05, 0.1) is 5.52 Å². The number of piperidine rings is 1. The number of rotatable bonds is 4. The standard InChI is InChI=1S/C18H25N3/c1-14(2)20-12-15-6-5-11-21(13-15)18-9-10-19-17-8-4-3-7-16(17)18/h3-4,7-10,14-15,20H,5-6,11-13H2,1-2H3. The molecule has 1 aromatic carbocycles. The predicted molar refractivity (Wildman–Crippen MR) is 89.8 cm³/mol. The highest BCUT2D eigenvalue weighted by atomic mass is 15.1. The van der Waals surface area contributed by atoms with Gasteiger partial charge in [0.25, 0.3) is 0 Å². The number of nitrogens with zero attached hydrogens (tertiary/aromatic N) is 2. The van der Waals surface area contributed by atoms with E-state index in [1.807, 2.05) is 6.20 Å². The highest BCUT2D eigenvalue weighted by Gasteiger charge is 2.21. The van der Waals surface area contributed by atoms with Crippen LogP contribution in [-0.2, 0) is 0 Å². The zero-order valence-corrected chi connectivity index (χ0v) is 13.0. The molecule has 1 saturated heterocycles. The van der Waals surface area contributed by atoms with Gasteiger partial charge in [-0.3, -0.25) is 4.98 Å². The van der Waals surface area contributed by atoms with Crippen molar-refractivity contribution in [1.29, 1.82) is 0 Å². The van der Waals surface area contributed by atoms with Crippen LogP contribution in [0.1, 0.15) is 26.7 Å². The largest absolute Gasteiger partial charge is 0.371 e. The number of pyridine rings is 1. The van der Waals surface area contributed by atoms with Crippen molar-refractivity contribution in [2.75, 3.05) is 24.5 Å². The van der Waals surface area contributed by atoms with Gasteiger partial charge in [0, 0.05) is 36.4 Å². The van der Waals surface area contributed by atoms with E-state index in [0.717, 1.165) is 31.1 Å². The molecule has 0 bridgehead atoms. The fraction of sp³-hybridized carbons (Fsp3) is 0.500. The molecule has 112 valence electrons. The lowest BCUT2D eigenvalue weighted by Gasteiger charge is -2.35. The molecule has 1 atom stereocenters. The summed E-state index contributed by atoms with van der Waals surface area (Å²) in [7, 11) is 0. The highest BCUT2D eigenvalue weighted by Crippen LogP contribution is 2.29. The highest BCUT2D eigenvalue weighted by molar-refractivity contribution is 5.91. The number of aromatic nitrogens is 1. The summed E-state index contributed by atoms with van der Waals surface area (Å²) in [5.41, 5.74) is 2.44. The molecule has 2 heterocycles. The lowest BCUT2D eigenvalue weighted by molar-refractivity contribution is 0.380. The molecular weight excluding hydrogens is 258 g/mol. The van der Waals surface area contributed by atoms with Crippen molar-refractivity contribution < 1.29 is 0 Å². The molecule has 21 heavy (non-hydrogen) atoms. The molecule has 0 spiro atoms. The second-order valence-electron chi connectivity index (χ2n) is 6.36. The normalized spacial score (nSPS) is 19.4. The minimum absolute atomic E-state index is 0.571. The van der Waals surface area contributed by atoms with Gasteiger partial charge in [0.1, 0.15) is 0 Å². The Labute approximate surface area is 127 Å². The number of benzene rings is 1. The molecular formula is C18H25N3. The van der Waals surface area contributed by atoms with E-state index in [0.29, 0.717) is 6.04 Å². The van der Waals surface area contributed by atoms with Gasteiger partial charge in [-0.1, -0.05) is 32.0 Å². The third-order valence-electron chi connectivity index (χ3n) is 4.30. The first-order valence-corrected chi connectivity index (χ1v) is 8.06. The number of anilines is 1. The maximum atomic E-state index is 4.48. The molecule has 3 nitrogen and oxygen atoms in total. The Kier molecular flexibility index (Phi) is 4.39. The predicted octanol–water partition coefficient (Wildman–Crippen LogP) is 3.45. The molecule has 3 heteroatoms. The number of fused-ring (bicyclic) bond motifs is 1. The first-order chi connectivity index (χ1) is 10.2. The van der Waals surface area contributed by atoms with Gasteiger partial charge in [-0.2, -0.15) is 0 Å². The second kappa shape index (κ2) is 6.44. The number of hydrogen-bond donors (Lipinski definition) is 1. The van der Waals surface area contributed by atoms with Crippen LogP contribution >= 0.6 is 0 Å². The van der Waals surface area contributed by atoms with E-state index < -0.39 is 0 Å². The fourth-order valence-corrected chi connectivity index (χ4v) is 3.21. The average molecular weight is 283 g/mol. The Morgan fingerprint density at radius 3 is 3.00 bits per heavy atom. The lowest BCUT2D eigenvalue weighted by Crippen LogP contribution is -2.41. The van der Waals surface area contributed by atoms with E-state index in [-0.39, 0.29) is 0 Å². The molecule has 0 radical (unpaired) electrons. The minimum Gasteiger partial charge on any atom is -0.371 e. The van der Waals surface area contributed by atoms with E-state index in [2.05, 4.69) is 59.4 Å². The van der Waals surface area contributed by atoms with E-state index in [4.69, 9.17) is 0 Å². The molecule has 0 amide bonds. The zero-order chi connectivity index (χ0) is 14.7. The Hall–Kier alpha value is -1.61. The van der Waals surface area contributed by atoms with Crippen molar-refractivity contribution in [2.45, 2.75) is 32.7 Å². The van der Waals surface area contributed by atoms with Crippen molar-refractivity contribution in [3.05, 3.63) is 36.5 Å². The molecule has 0 aliphatic carbocycles. The van der Waals surface area contributed by atoms with Gasteiger partial charge >= 0.3 is 0 Å². The summed E-state index contributed by atoms with van der Waals surface area (Å²) in [6.45, 7) is 7.87. The summed E-state index contributed by atoms with van der Waals surface area (Å²) < 4.78 is 0.